The quantitative estimate of drug-likeness (QED) is 0.542. The number of alkyl halides is 3. The Morgan fingerprint density at radius 1 is 1.12 bits per heavy atom. The van der Waals surface area contributed by atoms with Crippen molar-refractivity contribution in [3.8, 4) is 28.4 Å². The second-order valence-electron chi connectivity index (χ2n) is 7.00. The lowest BCUT2D eigenvalue weighted by molar-refractivity contribution is -0.274. The Bertz CT molecular complexity index is 1140. The molecule has 3 aromatic rings. The van der Waals surface area contributed by atoms with Crippen LogP contribution in [0.5, 0.6) is 17.2 Å². The highest BCUT2D eigenvalue weighted by Gasteiger charge is 2.33. The van der Waals surface area contributed by atoms with Gasteiger partial charge in [-0.2, -0.15) is 0 Å². The first-order chi connectivity index (χ1) is 15.2. The first kappa shape index (κ1) is 21.4. The summed E-state index contributed by atoms with van der Waals surface area (Å²) in [5.41, 5.74) is 1.97. The summed E-state index contributed by atoms with van der Waals surface area (Å²) in [7, 11) is 1.36. The molecular formula is C22H18F3N3O4. The van der Waals surface area contributed by atoms with Gasteiger partial charge in [0.05, 0.1) is 19.7 Å². The van der Waals surface area contributed by atoms with Gasteiger partial charge in [-0.1, -0.05) is 6.07 Å². The van der Waals surface area contributed by atoms with Crippen LogP contribution in [0, 0.1) is 0 Å². The highest BCUT2D eigenvalue weighted by atomic mass is 19.4. The number of carbonyl (C=O) groups excluding carboxylic acids is 1. The van der Waals surface area contributed by atoms with E-state index in [2.05, 4.69) is 14.7 Å². The Hall–Kier alpha value is -3.82. The molecule has 0 aliphatic carbocycles. The van der Waals surface area contributed by atoms with Crippen LogP contribution < -0.4 is 14.2 Å². The van der Waals surface area contributed by atoms with E-state index in [1.165, 1.54) is 30.2 Å². The number of ether oxygens (including phenoxy) is 3. The highest BCUT2D eigenvalue weighted by Crippen LogP contribution is 2.41. The Morgan fingerprint density at radius 2 is 1.88 bits per heavy atom. The SMILES string of the molecule is COc1cc(OC(F)(F)F)ccc1-c1ccc2c(c1)C(C)N(Cc1ncccn1)C(=O)O2. The lowest BCUT2D eigenvalue weighted by Gasteiger charge is -2.33. The van der Waals surface area contributed by atoms with Crippen LogP contribution in [0.15, 0.2) is 54.9 Å². The van der Waals surface area contributed by atoms with Crippen molar-refractivity contribution < 1.29 is 32.2 Å². The van der Waals surface area contributed by atoms with E-state index < -0.39 is 12.5 Å². The molecule has 0 radical (unpaired) electrons. The van der Waals surface area contributed by atoms with Gasteiger partial charge in [0.1, 0.15) is 23.1 Å². The van der Waals surface area contributed by atoms with Gasteiger partial charge in [-0.3, -0.25) is 4.90 Å². The molecule has 1 aliphatic heterocycles. The topological polar surface area (TPSA) is 73.8 Å². The molecule has 1 aromatic heterocycles. The molecule has 0 bridgehead atoms. The van der Waals surface area contributed by atoms with Crippen LogP contribution in [-0.2, 0) is 6.54 Å². The summed E-state index contributed by atoms with van der Waals surface area (Å²) in [4.78, 5) is 22.3. The Labute approximate surface area is 181 Å². The van der Waals surface area contributed by atoms with E-state index in [4.69, 9.17) is 9.47 Å². The molecule has 0 saturated carbocycles. The molecule has 0 spiro atoms. The third-order valence-corrected chi connectivity index (χ3v) is 5.01. The largest absolute Gasteiger partial charge is 0.573 e. The molecule has 2 aromatic carbocycles. The van der Waals surface area contributed by atoms with E-state index in [9.17, 15) is 18.0 Å². The summed E-state index contributed by atoms with van der Waals surface area (Å²) in [5.74, 6) is 0.708. The highest BCUT2D eigenvalue weighted by molar-refractivity contribution is 5.78. The van der Waals surface area contributed by atoms with Crippen LogP contribution in [0.2, 0.25) is 0 Å². The number of rotatable bonds is 5. The zero-order chi connectivity index (χ0) is 22.9. The molecule has 10 heteroatoms. The molecular weight excluding hydrogens is 427 g/mol. The van der Waals surface area contributed by atoms with Crippen LogP contribution >= 0.6 is 0 Å². The number of fused-ring (bicyclic) bond motifs is 1. The molecule has 1 atom stereocenters. The first-order valence-electron chi connectivity index (χ1n) is 9.57. The molecule has 4 rings (SSSR count). The van der Waals surface area contributed by atoms with Gasteiger partial charge < -0.3 is 14.2 Å². The van der Waals surface area contributed by atoms with Crippen LogP contribution in [-0.4, -0.2) is 34.4 Å². The average molecular weight is 445 g/mol. The Morgan fingerprint density at radius 3 is 2.56 bits per heavy atom. The maximum atomic E-state index is 12.5. The summed E-state index contributed by atoms with van der Waals surface area (Å²) in [5, 5.41) is 0. The molecule has 1 aliphatic rings. The molecule has 166 valence electrons. The Kier molecular flexibility index (Phi) is 5.60. The van der Waals surface area contributed by atoms with Crippen molar-refractivity contribution in [3.63, 3.8) is 0 Å². The van der Waals surface area contributed by atoms with Crippen molar-refractivity contribution in [1.82, 2.24) is 14.9 Å². The number of hydrogen-bond donors (Lipinski definition) is 0. The smallest absolute Gasteiger partial charge is 0.496 e. The minimum atomic E-state index is -4.80. The fraction of sp³-hybridized carbons (Fsp3) is 0.227. The van der Waals surface area contributed by atoms with Gasteiger partial charge in [0.2, 0.25) is 0 Å². The maximum Gasteiger partial charge on any atom is 0.573 e. The number of carbonyl (C=O) groups is 1. The summed E-state index contributed by atoms with van der Waals surface area (Å²) >= 11 is 0. The van der Waals surface area contributed by atoms with Gasteiger partial charge in [0.25, 0.3) is 0 Å². The van der Waals surface area contributed by atoms with E-state index in [1.807, 2.05) is 13.0 Å². The third kappa shape index (κ3) is 4.43. The number of hydrogen-bond acceptors (Lipinski definition) is 6. The van der Waals surface area contributed by atoms with E-state index in [0.717, 1.165) is 5.56 Å². The van der Waals surface area contributed by atoms with Crippen molar-refractivity contribution in [3.05, 3.63) is 66.2 Å². The van der Waals surface area contributed by atoms with Crippen molar-refractivity contribution in [1.29, 1.82) is 0 Å². The summed E-state index contributed by atoms with van der Waals surface area (Å²) in [6.45, 7) is 2.01. The third-order valence-electron chi connectivity index (χ3n) is 5.01. The standard InChI is InChI=1S/C22H18F3N3O4/c1-13-17-10-14(16-6-5-15(11-19(16)30-2)32-22(23,24)25)4-7-18(17)31-21(29)28(13)12-20-26-8-3-9-27-20/h3-11,13H,12H2,1-2H3. The number of methoxy groups -OCH3 is 1. The van der Waals surface area contributed by atoms with Crippen LogP contribution in [0.3, 0.4) is 0 Å². The van der Waals surface area contributed by atoms with Gasteiger partial charge in [-0.05, 0) is 42.8 Å². The molecule has 0 N–H and O–H groups in total. The number of halogens is 3. The Balaban J connectivity index is 1.66. The molecule has 0 saturated heterocycles. The molecule has 1 amide bonds. The van der Waals surface area contributed by atoms with Crippen molar-refractivity contribution in [2.45, 2.75) is 25.9 Å². The predicted molar refractivity (Wildman–Crippen MR) is 107 cm³/mol. The van der Waals surface area contributed by atoms with Crippen molar-refractivity contribution >= 4 is 6.09 Å². The van der Waals surface area contributed by atoms with Crippen LogP contribution in [0.1, 0.15) is 24.4 Å². The first-order valence-corrected chi connectivity index (χ1v) is 9.57. The van der Waals surface area contributed by atoms with Gasteiger partial charge in [0.15, 0.2) is 0 Å². The normalized spacial score (nSPS) is 15.7. The van der Waals surface area contributed by atoms with Gasteiger partial charge in [-0.25, -0.2) is 14.8 Å². The van der Waals surface area contributed by atoms with E-state index in [-0.39, 0.29) is 24.1 Å². The van der Waals surface area contributed by atoms with Crippen LogP contribution in [0.25, 0.3) is 11.1 Å². The zero-order valence-corrected chi connectivity index (χ0v) is 17.1. The molecule has 32 heavy (non-hydrogen) atoms. The number of aromatic nitrogens is 2. The molecule has 0 fully saturated rings. The van der Waals surface area contributed by atoms with Crippen molar-refractivity contribution in [2.24, 2.45) is 0 Å². The predicted octanol–water partition coefficient (Wildman–Crippen LogP) is 5.13. The summed E-state index contributed by atoms with van der Waals surface area (Å²) in [6, 6.07) is 10.4. The van der Waals surface area contributed by atoms with E-state index in [1.54, 1.807) is 30.6 Å². The second kappa shape index (κ2) is 8.37. The summed E-state index contributed by atoms with van der Waals surface area (Å²) in [6.07, 6.45) is -2.14. The van der Waals surface area contributed by atoms with E-state index in [0.29, 0.717) is 22.7 Å². The minimum Gasteiger partial charge on any atom is -0.496 e. The van der Waals surface area contributed by atoms with Crippen LogP contribution in [0.4, 0.5) is 18.0 Å². The average Bonchev–Trinajstić information content (AvgIpc) is 2.76. The monoisotopic (exact) mass is 445 g/mol. The lowest BCUT2D eigenvalue weighted by Crippen LogP contribution is -2.39. The van der Waals surface area contributed by atoms with Crippen molar-refractivity contribution in [2.75, 3.05) is 7.11 Å². The van der Waals surface area contributed by atoms with E-state index >= 15 is 0 Å². The fourth-order valence-corrected chi connectivity index (χ4v) is 3.49. The minimum absolute atomic E-state index is 0.164. The van der Waals surface area contributed by atoms with Gasteiger partial charge in [-0.15, -0.1) is 13.2 Å². The maximum absolute atomic E-state index is 12.5. The van der Waals surface area contributed by atoms with Gasteiger partial charge in [0, 0.05) is 29.6 Å². The number of amides is 1. The zero-order valence-electron chi connectivity index (χ0n) is 17.1. The second-order valence-corrected chi connectivity index (χ2v) is 7.00. The van der Waals surface area contributed by atoms with Gasteiger partial charge >= 0.3 is 12.5 Å². The molecule has 7 nitrogen and oxygen atoms in total. The lowest BCUT2D eigenvalue weighted by atomic mass is 9.97. The summed E-state index contributed by atoms with van der Waals surface area (Å²) < 4.78 is 52.3. The number of nitrogens with zero attached hydrogens (tertiary/aromatic N) is 3. The molecule has 2 heterocycles. The molecule has 1 unspecified atom stereocenters. The fourth-order valence-electron chi connectivity index (χ4n) is 3.49. The number of benzene rings is 2.